The van der Waals surface area contributed by atoms with Gasteiger partial charge in [-0.15, -0.1) is 10.2 Å². The Kier molecular flexibility index (Phi) is 5.49. The summed E-state index contributed by atoms with van der Waals surface area (Å²) in [6.07, 6.45) is 2.71. The van der Waals surface area contributed by atoms with Crippen molar-refractivity contribution in [1.29, 1.82) is 0 Å². The summed E-state index contributed by atoms with van der Waals surface area (Å²) in [6, 6.07) is 5.10. The van der Waals surface area contributed by atoms with E-state index in [0.717, 1.165) is 25.3 Å². The molecule has 1 aromatic carbocycles. The molecule has 3 heterocycles. The topological polar surface area (TPSA) is 91.6 Å². The molecule has 11 heteroatoms. The first-order valence-electron chi connectivity index (χ1n) is 9.95. The van der Waals surface area contributed by atoms with Crippen molar-refractivity contribution in [2.45, 2.75) is 43.3 Å². The highest BCUT2D eigenvalue weighted by atomic mass is 32.2. The highest BCUT2D eigenvalue weighted by Gasteiger charge is 2.37. The molecule has 0 N–H and O–H groups in total. The Morgan fingerprint density at radius 1 is 1.13 bits per heavy atom. The van der Waals surface area contributed by atoms with Crippen LogP contribution in [-0.2, 0) is 23.1 Å². The first kappa shape index (κ1) is 20.7. The van der Waals surface area contributed by atoms with Crippen molar-refractivity contribution in [3.63, 3.8) is 0 Å². The Morgan fingerprint density at radius 2 is 1.90 bits per heavy atom. The number of piperidine rings is 1. The Labute approximate surface area is 175 Å². The number of hydrogen-bond acceptors (Lipinski definition) is 5. The van der Waals surface area contributed by atoms with Crippen LogP contribution in [0.4, 0.5) is 9.18 Å². The van der Waals surface area contributed by atoms with Gasteiger partial charge in [-0.1, -0.05) is 12.1 Å². The number of rotatable bonds is 3. The smallest absolute Gasteiger partial charge is 0.320 e. The summed E-state index contributed by atoms with van der Waals surface area (Å²) in [6.45, 7) is 1.20. The predicted octanol–water partition coefficient (Wildman–Crippen LogP) is 1.83. The van der Waals surface area contributed by atoms with Gasteiger partial charge < -0.3 is 14.4 Å². The fourth-order valence-corrected chi connectivity index (χ4v) is 5.54. The van der Waals surface area contributed by atoms with Crippen molar-refractivity contribution in [1.82, 2.24) is 28.9 Å². The molecule has 2 aliphatic heterocycles. The molecular formula is C19H25FN6O3S. The van der Waals surface area contributed by atoms with Crippen LogP contribution in [0.3, 0.4) is 0 Å². The molecule has 9 nitrogen and oxygen atoms in total. The standard InChI is InChI=1S/C19H25FN6O3S/c1-23(2)19(27)25-10-6-5-8-15(25)18-22-21-17-13-24(11-12-26(17)18)30(28,29)16-9-4-3-7-14(16)20/h3-4,7,9,15H,5-6,8,10-13H2,1-2H3. The maximum atomic E-state index is 14.1. The number of carbonyl (C=O) groups is 1. The molecule has 2 amide bonds. The van der Waals surface area contributed by atoms with Crippen LogP contribution in [0.15, 0.2) is 29.2 Å². The zero-order valence-electron chi connectivity index (χ0n) is 17.0. The van der Waals surface area contributed by atoms with Gasteiger partial charge in [-0.25, -0.2) is 17.6 Å². The third kappa shape index (κ3) is 3.56. The van der Waals surface area contributed by atoms with Crippen LogP contribution in [0, 0.1) is 5.82 Å². The molecular weight excluding hydrogens is 411 g/mol. The van der Waals surface area contributed by atoms with Crippen LogP contribution < -0.4 is 0 Å². The van der Waals surface area contributed by atoms with E-state index >= 15 is 0 Å². The van der Waals surface area contributed by atoms with E-state index < -0.39 is 15.8 Å². The Balaban J connectivity index is 1.60. The van der Waals surface area contributed by atoms with Crippen molar-refractivity contribution in [2.75, 3.05) is 27.2 Å². The van der Waals surface area contributed by atoms with Gasteiger partial charge in [-0.05, 0) is 31.4 Å². The molecule has 30 heavy (non-hydrogen) atoms. The highest BCUT2D eigenvalue weighted by molar-refractivity contribution is 7.89. The van der Waals surface area contributed by atoms with E-state index in [0.29, 0.717) is 24.7 Å². The number of benzene rings is 1. The lowest BCUT2D eigenvalue weighted by Crippen LogP contribution is -2.45. The van der Waals surface area contributed by atoms with Gasteiger partial charge in [0.05, 0.1) is 12.6 Å². The second-order valence-electron chi connectivity index (χ2n) is 7.78. The van der Waals surface area contributed by atoms with Gasteiger partial charge in [0.25, 0.3) is 0 Å². The second kappa shape index (κ2) is 7.95. The fraction of sp³-hybridized carbons (Fsp3) is 0.526. The van der Waals surface area contributed by atoms with E-state index in [2.05, 4.69) is 10.2 Å². The average molecular weight is 437 g/mol. The third-order valence-electron chi connectivity index (χ3n) is 5.63. The number of urea groups is 1. The molecule has 0 radical (unpaired) electrons. The Bertz CT molecular complexity index is 1050. The monoisotopic (exact) mass is 436 g/mol. The molecule has 162 valence electrons. The summed E-state index contributed by atoms with van der Waals surface area (Å²) in [5, 5.41) is 8.54. The van der Waals surface area contributed by atoms with E-state index in [9.17, 15) is 17.6 Å². The van der Waals surface area contributed by atoms with E-state index in [-0.39, 0.29) is 30.1 Å². The van der Waals surface area contributed by atoms with E-state index in [1.54, 1.807) is 19.0 Å². The van der Waals surface area contributed by atoms with Crippen LogP contribution >= 0.6 is 0 Å². The number of sulfonamides is 1. The van der Waals surface area contributed by atoms with Gasteiger partial charge in [0.15, 0.2) is 5.82 Å². The zero-order chi connectivity index (χ0) is 21.5. The molecule has 4 rings (SSSR count). The molecule has 0 bridgehead atoms. The number of halogens is 1. The lowest BCUT2D eigenvalue weighted by molar-refractivity contribution is 0.123. The summed E-state index contributed by atoms with van der Waals surface area (Å²) < 4.78 is 43.0. The van der Waals surface area contributed by atoms with E-state index in [1.165, 1.54) is 22.5 Å². The third-order valence-corrected chi connectivity index (χ3v) is 7.51. The molecule has 0 aliphatic carbocycles. The van der Waals surface area contributed by atoms with Gasteiger partial charge >= 0.3 is 6.03 Å². The predicted molar refractivity (Wildman–Crippen MR) is 106 cm³/mol. The fourth-order valence-electron chi connectivity index (χ4n) is 4.09. The summed E-state index contributed by atoms with van der Waals surface area (Å²) in [5.74, 6) is 0.409. The summed E-state index contributed by atoms with van der Waals surface area (Å²) in [7, 11) is -0.539. The van der Waals surface area contributed by atoms with Crippen molar-refractivity contribution in [2.24, 2.45) is 0 Å². The average Bonchev–Trinajstić information content (AvgIpc) is 3.16. The molecule has 0 spiro atoms. The van der Waals surface area contributed by atoms with Gasteiger partial charge in [0.1, 0.15) is 16.5 Å². The van der Waals surface area contributed by atoms with E-state index in [4.69, 9.17) is 0 Å². The number of carbonyl (C=O) groups excluding carboxylic acids is 1. The Morgan fingerprint density at radius 3 is 2.63 bits per heavy atom. The summed E-state index contributed by atoms with van der Waals surface area (Å²) in [5.41, 5.74) is 0. The van der Waals surface area contributed by atoms with Crippen LogP contribution in [0.1, 0.15) is 37.0 Å². The van der Waals surface area contributed by atoms with Crippen LogP contribution in [0.2, 0.25) is 0 Å². The lowest BCUT2D eigenvalue weighted by Gasteiger charge is -2.37. The zero-order valence-corrected chi connectivity index (χ0v) is 17.8. The Hall–Kier alpha value is -2.53. The van der Waals surface area contributed by atoms with Gasteiger partial charge in [-0.2, -0.15) is 4.31 Å². The van der Waals surface area contributed by atoms with Crippen LogP contribution in [-0.4, -0.2) is 70.5 Å². The van der Waals surface area contributed by atoms with Gasteiger partial charge in [-0.3, -0.25) is 0 Å². The number of hydrogen-bond donors (Lipinski definition) is 0. The minimum absolute atomic E-state index is 0.0119. The first-order valence-corrected chi connectivity index (χ1v) is 11.4. The first-order chi connectivity index (χ1) is 14.3. The number of likely N-dealkylation sites (tertiary alicyclic amines) is 1. The summed E-state index contributed by atoms with van der Waals surface area (Å²) in [4.78, 5) is 15.6. The minimum Gasteiger partial charge on any atom is -0.331 e. The minimum atomic E-state index is -3.98. The number of nitrogens with zero attached hydrogens (tertiary/aromatic N) is 6. The second-order valence-corrected chi connectivity index (χ2v) is 9.68. The van der Waals surface area contributed by atoms with Gasteiger partial charge in [0.2, 0.25) is 10.0 Å². The number of fused-ring (bicyclic) bond motifs is 1. The van der Waals surface area contributed by atoms with Gasteiger partial charge in [0, 0.05) is 33.7 Å². The number of aromatic nitrogens is 3. The van der Waals surface area contributed by atoms with Crippen molar-refractivity contribution >= 4 is 16.1 Å². The summed E-state index contributed by atoms with van der Waals surface area (Å²) >= 11 is 0. The van der Waals surface area contributed by atoms with Crippen molar-refractivity contribution in [3.8, 4) is 0 Å². The maximum absolute atomic E-state index is 14.1. The molecule has 0 saturated carbocycles. The highest BCUT2D eigenvalue weighted by Crippen LogP contribution is 2.32. The molecule has 1 aromatic heterocycles. The largest absolute Gasteiger partial charge is 0.331 e. The van der Waals surface area contributed by atoms with Crippen LogP contribution in [0.25, 0.3) is 0 Å². The molecule has 1 atom stereocenters. The molecule has 1 saturated heterocycles. The SMILES string of the molecule is CN(C)C(=O)N1CCCCC1c1nnc2n1CCN(S(=O)(=O)c1ccccc1F)C2. The van der Waals surface area contributed by atoms with Crippen molar-refractivity contribution < 1.29 is 17.6 Å². The molecule has 1 fully saturated rings. The molecule has 2 aliphatic rings. The quantitative estimate of drug-likeness (QED) is 0.732. The van der Waals surface area contributed by atoms with E-state index in [1.807, 2.05) is 9.47 Å². The molecule has 1 unspecified atom stereocenters. The lowest BCUT2D eigenvalue weighted by atomic mass is 10.0. The normalized spacial score (nSPS) is 20.1. The maximum Gasteiger partial charge on any atom is 0.320 e. The van der Waals surface area contributed by atoms with Crippen molar-refractivity contribution in [3.05, 3.63) is 41.7 Å². The molecule has 2 aromatic rings. The number of amides is 2. The van der Waals surface area contributed by atoms with Crippen LogP contribution in [0.5, 0.6) is 0 Å².